The molecule has 1 heterocycles. The number of carbonyl (C=O) groups is 1. The lowest BCUT2D eigenvalue weighted by molar-refractivity contribution is -0.122. The van der Waals surface area contributed by atoms with Crippen LogP contribution in [-0.4, -0.2) is 43.5 Å². The van der Waals surface area contributed by atoms with Crippen molar-refractivity contribution in [2.75, 3.05) is 26.7 Å². The van der Waals surface area contributed by atoms with Crippen LogP contribution in [0.4, 0.5) is 0 Å². The molecule has 1 aliphatic rings. The van der Waals surface area contributed by atoms with Crippen molar-refractivity contribution < 1.29 is 4.79 Å². The summed E-state index contributed by atoms with van der Waals surface area (Å²) in [5.41, 5.74) is 2.19. The Bertz CT molecular complexity index is 220. The molecule has 0 spiro atoms. The van der Waals surface area contributed by atoms with Gasteiger partial charge in [-0.1, -0.05) is 0 Å². The highest BCUT2D eigenvalue weighted by Crippen LogP contribution is 2.18. The summed E-state index contributed by atoms with van der Waals surface area (Å²) in [6.07, 6.45) is 3.00. The van der Waals surface area contributed by atoms with Gasteiger partial charge >= 0.3 is 0 Å². The summed E-state index contributed by atoms with van der Waals surface area (Å²) in [7, 11) is 1.99. The first-order valence-electron chi connectivity index (χ1n) is 6.05. The number of hydrogen-bond donors (Lipinski definition) is 3. The quantitative estimate of drug-likeness (QED) is 0.343. The summed E-state index contributed by atoms with van der Waals surface area (Å²) < 4.78 is 0. The van der Waals surface area contributed by atoms with Gasteiger partial charge in [-0.15, -0.1) is 0 Å². The van der Waals surface area contributed by atoms with E-state index in [1.54, 1.807) is 0 Å². The van der Waals surface area contributed by atoms with Crippen molar-refractivity contribution in [1.82, 2.24) is 15.6 Å². The standard InChI is InChI=1S/C11H24N4O/c1-9(6-11(16)14-12)15-5-3-4-10(8-15)7-13-2/h9-10,13H,3-8,12H2,1-2H3,(H,14,16). The van der Waals surface area contributed by atoms with E-state index in [0.717, 1.165) is 19.6 Å². The highest BCUT2D eigenvalue weighted by molar-refractivity contribution is 5.75. The Kier molecular flexibility index (Phi) is 5.73. The lowest BCUT2D eigenvalue weighted by Gasteiger charge is -2.36. The van der Waals surface area contributed by atoms with Gasteiger partial charge in [-0.05, 0) is 45.8 Å². The topological polar surface area (TPSA) is 70.4 Å². The number of nitrogens with two attached hydrogens (primary N) is 1. The van der Waals surface area contributed by atoms with Crippen molar-refractivity contribution >= 4 is 5.91 Å². The van der Waals surface area contributed by atoms with Crippen LogP contribution in [0.2, 0.25) is 0 Å². The summed E-state index contributed by atoms with van der Waals surface area (Å²) >= 11 is 0. The van der Waals surface area contributed by atoms with Gasteiger partial charge in [0.05, 0.1) is 0 Å². The number of nitrogens with one attached hydrogen (secondary N) is 2. The monoisotopic (exact) mass is 228 g/mol. The lowest BCUT2D eigenvalue weighted by Crippen LogP contribution is -2.45. The molecule has 2 atom stereocenters. The first-order valence-corrected chi connectivity index (χ1v) is 6.05. The van der Waals surface area contributed by atoms with E-state index in [9.17, 15) is 4.79 Å². The van der Waals surface area contributed by atoms with Gasteiger partial charge in [-0.3, -0.25) is 15.1 Å². The Morgan fingerprint density at radius 3 is 3.00 bits per heavy atom. The molecule has 0 radical (unpaired) electrons. The summed E-state index contributed by atoms with van der Waals surface area (Å²) in [5, 5.41) is 3.22. The Hall–Kier alpha value is -0.650. The van der Waals surface area contributed by atoms with Crippen LogP contribution in [0.3, 0.4) is 0 Å². The van der Waals surface area contributed by atoms with Crippen LogP contribution in [0.1, 0.15) is 26.2 Å². The third kappa shape index (κ3) is 4.08. The van der Waals surface area contributed by atoms with Gasteiger partial charge in [0, 0.05) is 19.0 Å². The molecule has 94 valence electrons. The Morgan fingerprint density at radius 2 is 2.38 bits per heavy atom. The molecule has 0 aromatic rings. The third-order valence-electron chi connectivity index (χ3n) is 3.31. The number of piperidine rings is 1. The molecule has 0 bridgehead atoms. The van der Waals surface area contributed by atoms with Crippen molar-refractivity contribution in [3.63, 3.8) is 0 Å². The molecule has 0 saturated carbocycles. The zero-order valence-corrected chi connectivity index (χ0v) is 10.3. The highest BCUT2D eigenvalue weighted by Gasteiger charge is 2.24. The maximum atomic E-state index is 11.2. The average Bonchev–Trinajstić information content (AvgIpc) is 2.29. The molecule has 1 fully saturated rings. The fraction of sp³-hybridized carbons (Fsp3) is 0.909. The van der Waals surface area contributed by atoms with Crippen LogP contribution in [-0.2, 0) is 4.79 Å². The van der Waals surface area contributed by atoms with Crippen molar-refractivity contribution in [3.05, 3.63) is 0 Å². The molecular weight excluding hydrogens is 204 g/mol. The minimum absolute atomic E-state index is 0.0803. The minimum Gasteiger partial charge on any atom is -0.319 e. The van der Waals surface area contributed by atoms with E-state index in [4.69, 9.17) is 5.84 Å². The maximum absolute atomic E-state index is 11.2. The van der Waals surface area contributed by atoms with Crippen molar-refractivity contribution in [2.24, 2.45) is 11.8 Å². The van der Waals surface area contributed by atoms with E-state index < -0.39 is 0 Å². The third-order valence-corrected chi connectivity index (χ3v) is 3.31. The number of hydrogen-bond acceptors (Lipinski definition) is 4. The van der Waals surface area contributed by atoms with E-state index in [1.165, 1.54) is 12.8 Å². The predicted molar refractivity (Wildman–Crippen MR) is 64.6 cm³/mol. The lowest BCUT2D eigenvalue weighted by atomic mass is 9.96. The highest BCUT2D eigenvalue weighted by atomic mass is 16.2. The molecule has 16 heavy (non-hydrogen) atoms. The van der Waals surface area contributed by atoms with Gasteiger partial charge in [0.2, 0.25) is 5.91 Å². The van der Waals surface area contributed by atoms with Gasteiger partial charge in [0.15, 0.2) is 0 Å². The Balaban J connectivity index is 2.37. The fourth-order valence-electron chi connectivity index (χ4n) is 2.41. The summed E-state index contributed by atoms with van der Waals surface area (Å²) in [6.45, 7) is 5.34. The average molecular weight is 228 g/mol. The molecule has 1 aliphatic heterocycles. The molecule has 5 nitrogen and oxygen atoms in total. The second kappa shape index (κ2) is 6.83. The van der Waals surface area contributed by atoms with Crippen LogP contribution in [0, 0.1) is 5.92 Å². The Labute approximate surface area is 97.7 Å². The fourth-order valence-corrected chi connectivity index (χ4v) is 2.41. The van der Waals surface area contributed by atoms with Crippen molar-refractivity contribution in [3.8, 4) is 0 Å². The van der Waals surface area contributed by atoms with E-state index >= 15 is 0 Å². The number of hydrazine groups is 1. The van der Waals surface area contributed by atoms with Gasteiger partial charge in [0.1, 0.15) is 0 Å². The molecule has 5 heteroatoms. The molecular formula is C11H24N4O. The van der Waals surface area contributed by atoms with E-state index in [0.29, 0.717) is 12.3 Å². The second-order valence-electron chi connectivity index (χ2n) is 4.68. The van der Waals surface area contributed by atoms with Gasteiger partial charge in [0.25, 0.3) is 0 Å². The second-order valence-corrected chi connectivity index (χ2v) is 4.68. The zero-order valence-electron chi connectivity index (χ0n) is 10.3. The van der Waals surface area contributed by atoms with Crippen LogP contribution in [0.5, 0.6) is 0 Å². The number of carbonyl (C=O) groups excluding carboxylic acids is 1. The summed E-state index contributed by atoms with van der Waals surface area (Å²) in [5.74, 6) is 5.73. The van der Waals surface area contributed by atoms with Crippen LogP contribution < -0.4 is 16.6 Å². The Morgan fingerprint density at radius 1 is 1.62 bits per heavy atom. The number of nitrogens with zero attached hydrogens (tertiary/aromatic N) is 1. The maximum Gasteiger partial charge on any atom is 0.235 e. The van der Waals surface area contributed by atoms with Gasteiger partial charge in [-0.25, -0.2) is 5.84 Å². The van der Waals surface area contributed by atoms with Crippen molar-refractivity contribution in [1.29, 1.82) is 0 Å². The SMILES string of the molecule is CNCC1CCCN(C(C)CC(=O)NN)C1. The van der Waals surface area contributed by atoms with Crippen molar-refractivity contribution in [2.45, 2.75) is 32.2 Å². The van der Waals surface area contributed by atoms with E-state index in [-0.39, 0.29) is 11.9 Å². The molecule has 1 amide bonds. The molecule has 1 rings (SSSR count). The summed E-state index contributed by atoms with van der Waals surface area (Å²) in [4.78, 5) is 13.6. The molecule has 4 N–H and O–H groups in total. The predicted octanol–water partition coefficient (Wildman–Crippen LogP) is -0.314. The normalized spacial score (nSPS) is 24.1. The molecule has 0 aromatic heterocycles. The van der Waals surface area contributed by atoms with E-state index in [2.05, 4.69) is 22.6 Å². The van der Waals surface area contributed by atoms with E-state index in [1.807, 2.05) is 7.05 Å². The molecule has 0 aliphatic carbocycles. The first kappa shape index (κ1) is 13.4. The summed E-state index contributed by atoms with van der Waals surface area (Å²) in [6, 6.07) is 0.281. The first-order chi connectivity index (χ1) is 7.67. The number of likely N-dealkylation sites (tertiary alicyclic amines) is 1. The molecule has 1 saturated heterocycles. The minimum atomic E-state index is -0.0803. The number of amides is 1. The molecule has 2 unspecified atom stereocenters. The largest absolute Gasteiger partial charge is 0.319 e. The van der Waals surface area contributed by atoms with Gasteiger partial charge in [-0.2, -0.15) is 0 Å². The molecule has 0 aromatic carbocycles. The van der Waals surface area contributed by atoms with Crippen LogP contribution >= 0.6 is 0 Å². The smallest absolute Gasteiger partial charge is 0.235 e. The number of rotatable bonds is 5. The van der Waals surface area contributed by atoms with Crippen LogP contribution in [0.15, 0.2) is 0 Å². The van der Waals surface area contributed by atoms with Gasteiger partial charge < -0.3 is 5.32 Å². The van der Waals surface area contributed by atoms with Crippen LogP contribution in [0.25, 0.3) is 0 Å². The zero-order chi connectivity index (χ0) is 12.0.